The number of aromatic nitrogens is 2. The van der Waals surface area contributed by atoms with Crippen molar-refractivity contribution in [1.82, 2.24) is 9.97 Å². The topological polar surface area (TPSA) is 25.8 Å². The standard InChI is InChI=1S/C13H21IN2/c1-4-5-6-7-8-13(2,3)12-11(14)9-15-10-16-12/h9-10H,4-8H2,1-3H3. The highest BCUT2D eigenvalue weighted by Gasteiger charge is 2.23. The molecule has 0 fully saturated rings. The molecule has 1 rings (SSSR count). The van der Waals surface area contributed by atoms with Crippen LogP contribution in [0.15, 0.2) is 12.5 Å². The zero-order valence-corrected chi connectivity index (χ0v) is 12.6. The smallest absolute Gasteiger partial charge is 0.115 e. The molecule has 0 aliphatic rings. The second kappa shape index (κ2) is 6.52. The van der Waals surface area contributed by atoms with E-state index < -0.39 is 0 Å². The van der Waals surface area contributed by atoms with Gasteiger partial charge >= 0.3 is 0 Å². The first-order valence-electron chi connectivity index (χ1n) is 6.04. The minimum absolute atomic E-state index is 0.174. The van der Waals surface area contributed by atoms with Crippen LogP contribution in [-0.2, 0) is 5.41 Å². The van der Waals surface area contributed by atoms with Gasteiger partial charge in [-0.15, -0.1) is 0 Å². The van der Waals surface area contributed by atoms with Gasteiger partial charge < -0.3 is 0 Å². The van der Waals surface area contributed by atoms with Crippen LogP contribution >= 0.6 is 22.6 Å². The Morgan fingerprint density at radius 2 is 2.00 bits per heavy atom. The summed E-state index contributed by atoms with van der Waals surface area (Å²) < 4.78 is 1.18. The molecule has 0 saturated heterocycles. The van der Waals surface area contributed by atoms with E-state index in [4.69, 9.17) is 0 Å². The van der Waals surface area contributed by atoms with Crippen molar-refractivity contribution in [2.75, 3.05) is 0 Å². The number of nitrogens with zero attached hydrogens (tertiary/aromatic N) is 2. The molecule has 0 atom stereocenters. The molecule has 0 bridgehead atoms. The molecule has 0 spiro atoms. The molecule has 1 aromatic rings. The van der Waals surface area contributed by atoms with Crippen molar-refractivity contribution in [2.24, 2.45) is 0 Å². The van der Waals surface area contributed by atoms with E-state index in [0.717, 1.165) is 0 Å². The van der Waals surface area contributed by atoms with Gasteiger partial charge in [0.2, 0.25) is 0 Å². The summed E-state index contributed by atoms with van der Waals surface area (Å²) >= 11 is 2.33. The molecule has 0 aliphatic heterocycles. The molecule has 16 heavy (non-hydrogen) atoms. The third-order valence-corrected chi connectivity index (χ3v) is 3.75. The number of halogens is 1. The molecule has 0 saturated carbocycles. The maximum atomic E-state index is 4.43. The lowest BCUT2D eigenvalue weighted by Crippen LogP contribution is -2.20. The summed E-state index contributed by atoms with van der Waals surface area (Å²) in [6.07, 6.45) is 10.0. The molecule has 0 amide bonds. The van der Waals surface area contributed by atoms with Crippen LogP contribution in [0.1, 0.15) is 58.6 Å². The summed E-state index contributed by atoms with van der Waals surface area (Å²) in [5.74, 6) is 0. The lowest BCUT2D eigenvalue weighted by Gasteiger charge is -2.24. The lowest BCUT2D eigenvalue weighted by molar-refractivity contribution is 0.432. The highest BCUT2D eigenvalue weighted by molar-refractivity contribution is 14.1. The third kappa shape index (κ3) is 4.00. The van der Waals surface area contributed by atoms with Gasteiger partial charge in [-0.1, -0.05) is 46.5 Å². The van der Waals surface area contributed by atoms with Crippen molar-refractivity contribution < 1.29 is 0 Å². The Kier molecular flexibility index (Phi) is 5.66. The molecule has 90 valence electrons. The van der Waals surface area contributed by atoms with Crippen LogP contribution in [-0.4, -0.2) is 9.97 Å². The summed E-state index contributed by atoms with van der Waals surface area (Å²) in [5, 5.41) is 0. The Morgan fingerprint density at radius 1 is 1.25 bits per heavy atom. The van der Waals surface area contributed by atoms with Crippen molar-refractivity contribution in [3.05, 3.63) is 21.8 Å². The van der Waals surface area contributed by atoms with Crippen LogP contribution in [0, 0.1) is 3.57 Å². The van der Waals surface area contributed by atoms with E-state index >= 15 is 0 Å². The minimum Gasteiger partial charge on any atom is -0.244 e. The number of hydrogen-bond acceptors (Lipinski definition) is 2. The molecule has 0 unspecified atom stereocenters. The fourth-order valence-electron chi connectivity index (χ4n) is 1.92. The average Bonchev–Trinajstić information content (AvgIpc) is 2.25. The molecular weight excluding hydrogens is 311 g/mol. The molecule has 0 aromatic carbocycles. The summed E-state index contributed by atoms with van der Waals surface area (Å²) in [6, 6.07) is 0. The van der Waals surface area contributed by atoms with Crippen molar-refractivity contribution in [3.8, 4) is 0 Å². The Hall–Kier alpha value is -0.190. The van der Waals surface area contributed by atoms with Gasteiger partial charge in [-0.05, 0) is 29.0 Å². The van der Waals surface area contributed by atoms with Crippen LogP contribution < -0.4 is 0 Å². The summed E-state index contributed by atoms with van der Waals surface area (Å²) in [6.45, 7) is 6.81. The Labute approximate surface area is 112 Å². The number of unbranched alkanes of at least 4 members (excludes halogenated alkanes) is 3. The molecule has 0 radical (unpaired) electrons. The average molecular weight is 332 g/mol. The van der Waals surface area contributed by atoms with E-state index in [9.17, 15) is 0 Å². The van der Waals surface area contributed by atoms with Crippen molar-refractivity contribution >= 4 is 22.6 Å². The SMILES string of the molecule is CCCCCCC(C)(C)c1ncncc1I. The van der Waals surface area contributed by atoms with Gasteiger partial charge in [-0.25, -0.2) is 9.97 Å². The highest BCUT2D eigenvalue weighted by atomic mass is 127. The van der Waals surface area contributed by atoms with Gasteiger partial charge in [0.25, 0.3) is 0 Å². The monoisotopic (exact) mass is 332 g/mol. The minimum atomic E-state index is 0.174. The Bertz CT molecular complexity index is 323. The first-order valence-corrected chi connectivity index (χ1v) is 7.12. The van der Waals surface area contributed by atoms with Gasteiger partial charge in [0.1, 0.15) is 6.33 Å². The maximum Gasteiger partial charge on any atom is 0.115 e. The molecule has 0 aliphatic carbocycles. The van der Waals surface area contributed by atoms with Crippen molar-refractivity contribution in [2.45, 2.75) is 58.3 Å². The van der Waals surface area contributed by atoms with Crippen molar-refractivity contribution in [3.63, 3.8) is 0 Å². The van der Waals surface area contributed by atoms with Crippen LogP contribution in [0.5, 0.6) is 0 Å². The van der Waals surface area contributed by atoms with Gasteiger partial charge in [0, 0.05) is 11.6 Å². The molecule has 2 nitrogen and oxygen atoms in total. The molecule has 0 N–H and O–H groups in total. The van der Waals surface area contributed by atoms with Crippen molar-refractivity contribution in [1.29, 1.82) is 0 Å². The molecule has 3 heteroatoms. The second-order valence-electron chi connectivity index (χ2n) is 4.91. The van der Waals surface area contributed by atoms with Gasteiger partial charge in [0.05, 0.1) is 9.26 Å². The highest BCUT2D eigenvalue weighted by Crippen LogP contribution is 2.30. The zero-order valence-electron chi connectivity index (χ0n) is 10.5. The third-order valence-electron chi connectivity index (χ3n) is 2.96. The van der Waals surface area contributed by atoms with E-state index in [1.54, 1.807) is 6.33 Å². The van der Waals surface area contributed by atoms with E-state index in [2.05, 4.69) is 53.3 Å². The van der Waals surface area contributed by atoms with E-state index in [0.29, 0.717) is 0 Å². The first kappa shape index (κ1) is 13.9. The Morgan fingerprint density at radius 3 is 2.62 bits per heavy atom. The van der Waals surface area contributed by atoms with E-state index in [1.165, 1.54) is 41.4 Å². The van der Waals surface area contributed by atoms with Crippen LogP contribution in [0.25, 0.3) is 0 Å². The molecule has 1 aromatic heterocycles. The predicted molar refractivity (Wildman–Crippen MR) is 76.5 cm³/mol. The lowest BCUT2D eigenvalue weighted by atomic mass is 9.83. The van der Waals surface area contributed by atoms with Crippen LogP contribution in [0.2, 0.25) is 0 Å². The summed E-state index contributed by atoms with van der Waals surface area (Å²) in [5.41, 5.74) is 1.37. The van der Waals surface area contributed by atoms with Crippen LogP contribution in [0.4, 0.5) is 0 Å². The number of hydrogen-bond donors (Lipinski definition) is 0. The van der Waals surface area contributed by atoms with Crippen LogP contribution in [0.3, 0.4) is 0 Å². The number of rotatable bonds is 6. The predicted octanol–water partition coefficient (Wildman–Crippen LogP) is 4.33. The fourth-order valence-corrected chi connectivity index (χ4v) is 2.95. The first-order chi connectivity index (χ1) is 7.58. The van der Waals surface area contributed by atoms with E-state index in [1.807, 2.05) is 6.20 Å². The maximum absolute atomic E-state index is 4.43. The fraction of sp³-hybridized carbons (Fsp3) is 0.692. The normalized spacial score (nSPS) is 11.8. The Balaban J connectivity index is 2.59. The molecular formula is C13H21IN2. The molecule has 1 heterocycles. The van der Waals surface area contributed by atoms with Gasteiger partial charge in [0.15, 0.2) is 0 Å². The largest absolute Gasteiger partial charge is 0.244 e. The van der Waals surface area contributed by atoms with E-state index in [-0.39, 0.29) is 5.41 Å². The summed E-state index contributed by atoms with van der Waals surface area (Å²) in [4.78, 5) is 8.48. The van der Waals surface area contributed by atoms with Gasteiger partial charge in [-0.2, -0.15) is 0 Å². The summed E-state index contributed by atoms with van der Waals surface area (Å²) in [7, 11) is 0. The second-order valence-corrected chi connectivity index (χ2v) is 6.08. The van der Waals surface area contributed by atoms with Gasteiger partial charge in [-0.3, -0.25) is 0 Å². The quantitative estimate of drug-likeness (QED) is 0.572. The zero-order chi connectivity index (χ0) is 12.0.